The van der Waals surface area contributed by atoms with Gasteiger partial charge in [0.15, 0.2) is 11.5 Å². The van der Waals surface area contributed by atoms with E-state index in [0.29, 0.717) is 34.8 Å². The summed E-state index contributed by atoms with van der Waals surface area (Å²) in [5.74, 6) is 1.83. The summed E-state index contributed by atoms with van der Waals surface area (Å²) in [5, 5.41) is 7.42. The van der Waals surface area contributed by atoms with Gasteiger partial charge in [-0.15, -0.1) is 0 Å². The predicted molar refractivity (Wildman–Crippen MR) is 164 cm³/mol. The lowest BCUT2D eigenvalue weighted by molar-refractivity contribution is 0.285. The molecule has 0 spiro atoms. The Hall–Kier alpha value is -3.49. The van der Waals surface area contributed by atoms with Crippen molar-refractivity contribution in [3.63, 3.8) is 0 Å². The second-order valence-corrected chi connectivity index (χ2v) is 11.0. The van der Waals surface area contributed by atoms with Gasteiger partial charge >= 0.3 is 0 Å². The van der Waals surface area contributed by atoms with Crippen LogP contribution in [-0.2, 0) is 6.61 Å². The monoisotopic (exact) mass is 647 g/mol. The summed E-state index contributed by atoms with van der Waals surface area (Å²) in [7, 11) is 1.60. The van der Waals surface area contributed by atoms with Gasteiger partial charge in [-0.1, -0.05) is 72.2 Å². The van der Waals surface area contributed by atoms with Gasteiger partial charge in [0.2, 0.25) is 0 Å². The molecule has 0 bridgehead atoms. The van der Waals surface area contributed by atoms with Gasteiger partial charge in [-0.05, 0) is 69.0 Å². The van der Waals surface area contributed by atoms with Crippen LogP contribution in [0.4, 0.5) is 0 Å². The smallest absolute Gasteiger partial charge is 0.282 e. The van der Waals surface area contributed by atoms with Crippen molar-refractivity contribution in [1.29, 1.82) is 0 Å². The summed E-state index contributed by atoms with van der Waals surface area (Å²) in [6, 6.07) is 23.6. The van der Waals surface area contributed by atoms with Crippen LogP contribution in [-0.4, -0.2) is 23.0 Å². The van der Waals surface area contributed by atoms with Gasteiger partial charge in [0.25, 0.3) is 5.56 Å². The average Bonchev–Trinajstić information content (AvgIpc) is 2.96. The molecule has 0 radical (unpaired) electrons. The van der Waals surface area contributed by atoms with Crippen molar-refractivity contribution in [1.82, 2.24) is 9.66 Å². The van der Waals surface area contributed by atoms with E-state index in [9.17, 15) is 4.79 Å². The second kappa shape index (κ2) is 11.7. The van der Waals surface area contributed by atoms with E-state index in [4.69, 9.17) is 14.5 Å². The fourth-order valence-corrected chi connectivity index (χ4v) is 5.18. The first-order valence-corrected chi connectivity index (χ1v) is 14.2. The fourth-order valence-electron chi connectivity index (χ4n) is 4.39. The Morgan fingerprint density at radius 2 is 1.79 bits per heavy atom. The zero-order valence-electron chi connectivity index (χ0n) is 21.8. The van der Waals surface area contributed by atoms with Crippen LogP contribution in [0, 0.1) is 0 Å². The number of nitrogens with zero attached hydrogens (tertiary/aromatic N) is 3. The van der Waals surface area contributed by atoms with E-state index < -0.39 is 0 Å². The normalized spacial score (nSPS) is 12.3. The summed E-state index contributed by atoms with van der Waals surface area (Å²) in [6.45, 7) is 4.50. The summed E-state index contributed by atoms with van der Waals surface area (Å²) >= 11 is 7.10. The molecule has 0 saturated carbocycles. The minimum atomic E-state index is -0.217. The maximum atomic E-state index is 13.5. The molecule has 0 N–H and O–H groups in total. The van der Waals surface area contributed by atoms with Crippen LogP contribution in [0.15, 0.2) is 91.6 Å². The third-order valence-corrected chi connectivity index (χ3v) is 7.92. The number of halogens is 2. The number of hydrogen-bond acceptors (Lipinski definition) is 5. The lowest BCUT2D eigenvalue weighted by Gasteiger charge is -2.15. The van der Waals surface area contributed by atoms with Crippen LogP contribution in [0.25, 0.3) is 21.7 Å². The molecule has 8 heteroatoms. The van der Waals surface area contributed by atoms with Gasteiger partial charge in [0, 0.05) is 20.4 Å². The van der Waals surface area contributed by atoms with Crippen LogP contribution < -0.4 is 15.0 Å². The molecule has 1 aromatic heterocycles. The molecule has 0 amide bonds. The average molecular weight is 649 g/mol. The number of methoxy groups -OCH3 is 1. The molecule has 0 unspecified atom stereocenters. The highest BCUT2D eigenvalue weighted by atomic mass is 79.9. The van der Waals surface area contributed by atoms with E-state index in [1.165, 1.54) is 10.1 Å². The standard InChI is InChI=1S/C31H27Br2N3O3/c1-4-19(2)30-35-27-13-12-23(32)15-25(27)31(37)36(30)34-17-22-14-28(38-3)29(16-26(22)33)39-18-21-10-7-9-20-8-5-6-11-24(20)21/h5-17,19H,4,18H2,1-3H3/t19-/m0/s1. The van der Waals surface area contributed by atoms with Gasteiger partial charge in [-0.2, -0.15) is 9.78 Å². The topological polar surface area (TPSA) is 65.7 Å². The van der Waals surface area contributed by atoms with Gasteiger partial charge < -0.3 is 9.47 Å². The molecule has 198 valence electrons. The Morgan fingerprint density at radius 3 is 2.59 bits per heavy atom. The minimum Gasteiger partial charge on any atom is -0.493 e. The van der Waals surface area contributed by atoms with Crippen molar-refractivity contribution >= 4 is 59.7 Å². The molecule has 0 fully saturated rings. The fraction of sp³-hybridized carbons (Fsp3) is 0.194. The summed E-state index contributed by atoms with van der Waals surface area (Å²) in [6.07, 6.45) is 2.46. The third kappa shape index (κ3) is 5.63. The highest BCUT2D eigenvalue weighted by molar-refractivity contribution is 9.10. The molecule has 5 aromatic rings. The molecule has 1 heterocycles. The zero-order valence-corrected chi connectivity index (χ0v) is 25.0. The number of hydrogen-bond donors (Lipinski definition) is 0. The number of fused-ring (bicyclic) bond motifs is 2. The van der Waals surface area contributed by atoms with Crippen LogP contribution >= 0.6 is 31.9 Å². The highest BCUT2D eigenvalue weighted by Crippen LogP contribution is 2.34. The van der Waals surface area contributed by atoms with E-state index in [-0.39, 0.29) is 11.5 Å². The zero-order chi connectivity index (χ0) is 27.5. The van der Waals surface area contributed by atoms with Gasteiger partial charge in [0.1, 0.15) is 12.4 Å². The molecule has 39 heavy (non-hydrogen) atoms. The SMILES string of the molecule is CC[C@H](C)c1nc2ccc(Br)cc2c(=O)n1N=Cc1cc(OC)c(OCc2cccc3ccccc23)cc1Br. The van der Waals surface area contributed by atoms with Crippen molar-refractivity contribution in [3.05, 3.63) is 109 Å². The van der Waals surface area contributed by atoms with Crippen LogP contribution in [0.5, 0.6) is 11.5 Å². The molecular formula is C31H27Br2N3O3. The number of benzene rings is 4. The van der Waals surface area contributed by atoms with Crippen molar-refractivity contribution < 1.29 is 9.47 Å². The van der Waals surface area contributed by atoms with Crippen molar-refractivity contribution in [2.75, 3.05) is 7.11 Å². The first-order valence-electron chi connectivity index (χ1n) is 12.6. The lowest BCUT2D eigenvalue weighted by Crippen LogP contribution is -2.23. The Bertz CT molecular complexity index is 1760. The van der Waals surface area contributed by atoms with Crippen LogP contribution in [0.3, 0.4) is 0 Å². The Kier molecular flexibility index (Phi) is 8.14. The molecule has 0 aliphatic heterocycles. The van der Waals surface area contributed by atoms with Gasteiger partial charge in [-0.3, -0.25) is 4.79 Å². The largest absolute Gasteiger partial charge is 0.493 e. The molecular weight excluding hydrogens is 622 g/mol. The first kappa shape index (κ1) is 27.1. The summed E-state index contributed by atoms with van der Waals surface area (Å²) in [4.78, 5) is 18.2. The molecule has 6 nitrogen and oxygen atoms in total. The van der Waals surface area contributed by atoms with Crippen molar-refractivity contribution in [2.24, 2.45) is 5.10 Å². The van der Waals surface area contributed by atoms with E-state index in [1.807, 2.05) is 49.4 Å². The summed E-state index contributed by atoms with van der Waals surface area (Å²) in [5.41, 5.74) is 2.26. The molecule has 0 saturated heterocycles. The third-order valence-electron chi connectivity index (χ3n) is 6.74. The quantitative estimate of drug-likeness (QED) is 0.160. The van der Waals surface area contributed by atoms with Crippen LogP contribution in [0.2, 0.25) is 0 Å². The van der Waals surface area contributed by atoms with E-state index in [0.717, 1.165) is 31.9 Å². The van der Waals surface area contributed by atoms with Crippen molar-refractivity contribution in [2.45, 2.75) is 32.8 Å². The molecule has 1 atom stereocenters. The minimum absolute atomic E-state index is 0.0470. The Labute approximate surface area is 243 Å². The molecule has 4 aromatic carbocycles. The Morgan fingerprint density at radius 1 is 1.00 bits per heavy atom. The second-order valence-electron chi connectivity index (χ2n) is 9.25. The number of rotatable bonds is 8. The maximum absolute atomic E-state index is 13.5. The van der Waals surface area contributed by atoms with Crippen molar-refractivity contribution in [3.8, 4) is 11.5 Å². The molecule has 5 rings (SSSR count). The summed E-state index contributed by atoms with van der Waals surface area (Å²) < 4.78 is 14.8. The Balaban J connectivity index is 1.49. The highest BCUT2D eigenvalue weighted by Gasteiger charge is 2.16. The maximum Gasteiger partial charge on any atom is 0.282 e. The van der Waals surface area contributed by atoms with E-state index in [2.05, 4.69) is 68.2 Å². The first-order chi connectivity index (χ1) is 18.9. The van der Waals surface area contributed by atoms with Gasteiger partial charge in [0.05, 0.1) is 24.2 Å². The number of aromatic nitrogens is 2. The molecule has 0 aliphatic carbocycles. The number of ether oxygens (including phenoxy) is 2. The van der Waals surface area contributed by atoms with Crippen LogP contribution in [0.1, 0.15) is 43.1 Å². The predicted octanol–water partition coefficient (Wildman–Crippen LogP) is 8.06. The molecule has 0 aliphatic rings. The van der Waals surface area contributed by atoms with Gasteiger partial charge in [-0.25, -0.2) is 4.98 Å². The lowest BCUT2D eigenvalue weighted by atomic mass is 10.1. The van der Waals surface area contributed by atoms with E-state index >= 15 is 0 Å². The van der Waals surface area contributed by atoms with E-state index in [1.54, 1.807) is 19.4 Å².